The van der Waals surface area contributed by atoms with Crippen molar-refractivity contribution in [2.45, 2.75) is 55.4 Å². The molecule has 0 saturated heterocycles. The second kappa shape index (κ2) is 28.5. The average molecular weight is 1700 g/mol. The molecule has 2 aliphatic rings. The van der Waals surface area contributed by atoms with E-state index in [2.05, 4.69) is 127 Å². The van der Waals surface area contributed by atoms with Crippen LogP contribution in [0.1, 0.15) is 120 Å². The van der Waals surface area contributed by atoms with Gasteiger partial charge in [0, 0.05) is 92.5 Å². The first kappa shape index (κ1) is 66.7. The van der Waals surface area contributed by atoms with Crippen molar-refractivity contribution < 1.29 is 36.2 Å². The van der Waals surface area contributed by atoms with Crippen LogP contribution in [0.4, 0.5) is 0 Å². The summed E-state index contributed by atoms with van der Waals surface area (Å²) in [6, 6.07) is 30.0. The van der Waals surface area contributed by atoms with Crippen molar-refractivity contribution in [1.82, 2.24) is 39.5 Å². The molecular weight excluding hydrogens is 1650 g/mol. The molecule has 443 valence electrons. The molecule has 12 nitrogen and oxygen atoms in total. The molecule has 21 heteroatoms. The number of carbonyl (C=O) groups excluding carboxylic acids is 4. The van der Waals surface area contributed by atoms with Gasteiger partial charge in [-0.25, -0.2) is 9.97 Å². The second-order valence-electron chi connectivity index (χ2n) is 19.5. The quantitative estimate of drug-likeness (QED) is 0.0873. The average Bonchev–Trinajstić information content (AvgIpc) is 1.72. The third kappa shape index (κ3) is 12.6. The maximum absolute atomic E-state index is 13.8. The van der Waals surface area contributed by atoms with Crippen LogP contribution in [0.15, 0.2) is 115 Å². The van der Waals surface area contributed by atoms with Crippen molar-refractivity contribution >= 4 is 191 Å². The van der Waals surface area contributed by atoms with Crippen molar-refractivity contribution in [2.75, 3.05) is 52.4 Å². The fourth-order valence-electron chi connectivity index (χ4n) is 10.4. The number of benzene rings is 4. The Morgan fingerprint density at radius 2 is 0.482 bits per heavy atom. The Bertz CT molecular complexity index is 3510. The molecule has 0 unspecified atom stereocenters. The summed E-state index contributed by atoms with van der Waals surface area (Å²) >= 11 is 32.3. The van der Waals surface area contributed by atoms with Crippen LogP contribution in [0.25, 0.3) is 84.5 Å². The number of carbonyl (C=O) groups is 4. The number of halogens is 8. The smallest absolute Gasteiger partial charge is 0.655 e. The van der Waals surface area contributed by atoms with Crippen LogP contribution >= 0.6 is 127 Å². The number of amides is 4. The van der Waals surface area contributed by atoms with Gasteiger partial charge < -0.3 is 29.6 Å². The Kier molecular flexibility index (Phi) is 22.3. The predicted molar refractivity (Wildman–Crippen MR) is 370 cm³/mol. The van der Waals surface area contributed by atoms with Crippen molar-refractivity contribution in [3.05, 3.63) is 160 Å². The maximum Gasteiger partial charge on any atom is 2.00 e. The number of aromatic nitrogens is 4. The van der Waals surface area contributed by atoms with Gasteiger partial charge in [-0.05, 0) is 212 Å². The van der Waals surface area contributed by atoms with Crippen LogP contribution in [0, 0.1) is 0 Å². The normalized spacial score (nSPS) is 12.1. The van der Waals surface area contributed by atoms with E-state index in [-0.39, 0.29) is 40.7 Å². The summed E-state index contributed by atoms with van der Waals surface area (Å²) in [6.07, 6.45) is 0. The fraction of sp³-hybridized carbons (Fsp3) is 0.250. The van der Waals surface area contributed by atoms with Crippen LogP contribution in [0.2, 0.25) is 0 Å². The van der Waals surface area contributed by atoms with Gasteiger partial charge in [0.25, 0.3) is 23.6 Å². The minimum absolute atomic E-state index is 0. The zero-order valence-corrected chi connectivity index (χ0v) is 61.1. The molecule has 1 radical (unpaired) electrons. The summed E-state index contributed by atoms with van der Waals surface area (Å²) in [7, 11) is 0. The van der Waals surface area contributed by atoms with Crippen LogP contribution in [0.5, 0.6) is 0 Å². The fourth-order valence-corrected chi connectivity index (χ4v) is 14.2. The van der Waals surface area contributed by atoms with E-state index in [0.717, 1.165) is 0 Å². The summed E-state index contributed by atoms with van der Waals surface area (Å²) in [5, 5.41) is 0. The zero-order valence-electron chi connectivity index (χ0n) is 47.4. The van der Waals surface area contributed by atoms with Gasteiger partial charge >= 0.3 is 17.1 Å². The molecule has 0 spiro atoms. The van der Waals surface area contributed by atoms with Crippen LogP contribution in [-0.2, 0) is 17.1 Å². The molecule has 0 saturated carbocycles. The third-order valence-corrected chi connectivity index (χ3v) is 23.4. The number of nitrogens with zero attached hydrogens (tertiary/aromatic N) is 8. The number of rotatable bonds is 16. The molecule has 4 aromatic carbocycles. The molecule has 0 aliphatic carbocycles. The van der Waals surface area contributed by atoms with Crippen LogP contribution in [0.3, 0.4) is 0 Å². The monoisotopic (exact) mass is 1690 g/mol. The molecule has 7 aromatic rings. The molecule has 0 N–H and O–H groups in total. The van der Waals surface area contributed by atoms with E-state index in [9.17, 15) is 19.2 Å². The van der Waals surface area contributed by atoms with Gasteiger partial charge in [-0.3, -0.25) is 19.2 Å². The summed E-state index contributed by atoms with van der Waals surface area (Å²) in [5.74, 6) is -0.343. The second-order valence-corrected chi connectivity index (χ2v) is 25.8. The Morgan fingerprint density at radius 3 is 0.635 bits per heavy atom. The van der Waals surface area contributed by atoms with Crippen LogP contribution in [-0.4, -0.2) is 106 Å². The summed E-state index contributed by atoms with van der Waals surface area (Å²) in [5.41, 5.74) is 11.6. The van der Waals surface area contributed by atoms with Crippen molar-refractivity contribution in [2.24, 2.45) is 0 Å². The van der Waals surface area contributed by atoms with Gasteiger partial charge in [0.1, 0.15) is 0 Å². The van der Waals surface area contributed by atoms with Crippen molar-refractivity contribution in [3.63, 3.8) is 0 Å². The van der Waals surface area contributed by atoms with E-state index < -0.39 is 0 Å². The molecule has 0 atom stereocenters. The molecular formula is C64H56Br8CuN8O4. The van der Waals surface area contributed by atoms with E-state index in [0.29, 0.717) is 200 Å². The summed E-state index contributed by atoms with van der Waals surface area (Å²) in [4.78, 5) is 84.8. The van der Waals surface area contributed by atoms with Gasteiger partial charge in [-0.2, -0.15) is 0 Å². The van der Waals surface area contributed by atoms with Gasteiger partial charge in [0.05, 0.1) is 40.7 Å². The summed E-state index contributed by atoms with van der Waals surface area (Å²) < 4.78 is 4.88. The molecule has 0 fully saturated rings. The van der Waals surface area contributed by atoms with Crippen molar-refractivity contribution in [1.29, 1.82) is 0 Å². The molecule has 8 bridgehead atoms. The van der Waals surface area contributed by atoms with Crippen molar-refractivity contribution in [3.8, 4) is 44.5 Å². The van der Waals surface area contributed by atoms with Gasteiger partial charge in [-0.15, -0.1) is 22.1 Å². The molecule has 85 heavy (non-hydrogen) atoms. The molecule has 2 aliphatic heterocycles. The first-order valence-corrected chi connectivity index (χ1v) is 33.8. The van der Waals surface area contributed by atoms with E-state index in [1.54, 1.807) is 19.6 Å². The molecule has 9 rings (SSSR count). The van der Waals surface area contributed by atoms with E-state index >= 15 is 0 Å². The number of fused-ring (bicyclic) bond motifs is 8. The van der Waals surface area contributed by atoms with Gasteiger partial charge in [0.2, 0.25) is 0 Å². The third-order valence-electron chi connectivity index (χ3n) is 15.1. The maximum atomic E-state index is 13.8. The first-order chi connectivity index (χ1) is 40.3. The minimum atomic E-state index is -0.0858. The zero-order chi connectivity index (χ0) is 60.6. The molecule has 5 heterocycles. The molecule has 4 amide bonds. The topological polar surface area (TPSA) is 135 Å². The standard InChI is InChI=1S/C64H57Br8N8O4.Cu/c1-9-77(10-2)61(81)37-25-17-33(18-26-37)41-53-45(65)47(67)55(73-53)42(34-19-27-38(28-20-34)62(82)78(11-3)12-4)57-49(69)51(71)59(75-57)44(36-23-31-40(32-24-36)64(84)80(15-7)16-8)60-52(72)50(70)58(76-60)43(56-48(68)46(66)54(41)74-56)35-21-29-39(30-22-35)63(83)79(13-5)14-6;/h17-32H,9-16H2,1-8H3,(H-,73,74,75,76,81,82,83,84);/q-1;+2/p-1. The largest absolute Gasteiger partial charge is 2.00 e. The molecule has 3 aromatic heterocycles. The number of hydrogen-bond acceptors (Lipinski definition) is 6. The summed E-state index contributed by atoms with van der Waals surface area (Å²) in [6.45, 7) is 20.2. The van der Waals surface area contributed by atoms with E-state index in [4.69, 9.17) is 19.9 Å². The minimum Gasteiger partial charge on any atom is -0.655 e. The van der Waals surface area contributed by atoms with Crippen LogP contribution < -0.4 is 9.97 Å². The van der Waals surface area contributed by atoms with E-state index in [1.165, 1.54) is 0 Å². The SMILES string of the molecule is CCN(CC)C(=O)c1ccc(-c2c3nc(c(-c4ccc(C(=O)N(CC)CC)cc4)c4[n-]c(c(Br)c4Br)c(-c4ccc(C(=O)N(CC)CC)cc4)c4nc(c(-c5ccc(C(=O)N(CC)CC)cc5)c5[n-]c2c(Br)c5Br)C(Br)=C4Br)C(Br)=C3Br)cc1.[Cu+2]. The predicted octanol–water partition coefficient (Wildman–Crippen LogP) is 18.4. The first-order valence-electron chi connectivity index (χ1n) is 27.5. The Labute approximate surface area is 573 Å². The van der Waals surface area contributed by atoms with E-state index in [1.807, 2.05) is 152 Å². The number of hydrogen-bond donors (Lipinski definition) is 0. The van der Waals surface area contributed by atoms with Gasteiger partial charge in [-0.1, -0.05) is 112 Å². The van der Waals surface area contributed by atoms with Gasteiger partial charge in [0.15, 0.2) is 0 Å². The Balaban J connectivity index is 0.00000940. The Hall–Kier alpha value is -4.28. The Morgan fingerprint density at radius 1 is 0.318 bits per heavy atom.